The van der Waals surface area contributed by atoms with E-state index < -0.39 is 16.4 Å². The zero-order valence-electron chi connectivity index (χ0n) is 14.2. The molecular weight excluding hydrogens is 377 g/mol. The molecule has 142 valence electrons. The Labute approximate surface area is 159 Å². The van der Waals surface area contributed by atoms with Gasteiger partial charge in [0.1, 0.15) is 5.75 Å². The van der Waals surface area contributed by atoms with Gasteiger partial charge in [0, 0.05) is 36.8 Å². The summed E-state index contributed by atoms with van der Waals surface area (Å²) in [5.41, 5.74) is 0.190. The molecule has 1 atom stereocenters. The standard InChI is InChI=1S/C18H17ClFN3O4/c19-14-4-2-1-3-13(14)17-10-21-7-8-22(17)18(24)11-27-12-5-6-16(23(25)26)15(20)9-12/h1-6,9,17,21H,7-8,10-11H2. The topological polar surface area (TPSA) is 84.7 Å². The molecule has 0 aromatic heterocycles. The number of halogens is 2. The zero-order chi connectivity index (χ0) is 19.4. The molecule has 9 heteroatoms. The van der Waals surface area contributed by atoms with Crippen molar-refractivity contribution >= 4 is 23.2 Å². The Morgan fingerprint density at radius 2 is 2.15 bits per heavy atom. The van der Waals surface area contributed by atoms with Crippen molar-refractivity contribution in [3.05, 3.63) is 69.0 Å². The van der Waals surface area contributed by atoms with Gasteiger partial charge < -0.3 is 15.0 Å². The van der Waals surface area contributed by atoms with Crippen LogP contribution in [0.15, 0.2) is 42.5 Å². The number of benzene rings is 2. The van der Waals surface area contributed by atoms with Crippen LogP contribution >= 0.6 is 11.6 Å². The summed E-state index contributed by atoms with van der Waals surface area (Å²) in [6, 6.07) is 10.2. The van der Waals surface area contributed by atoms with E-state index in [-0.39, 0.29) is 24.3 Å². The number of rotatable bonds is 5. The Kier molecular flexibility index (Phi) is 5.88. The lowest BCUT2D eigenvalue weighted by molar-refractivity contribution is -0.387. The first-order chi connectivity index (χ1) is 13.0. The largest absolute Gasteiger partial charge is 0.484 e. The fraction of sp³-hybridized carbons (Fsp3) is 0.278. The van der Waals surface area contributed by atoms with Gasteiger partial charge in [-0.05, 0) is 17.7 Å². The Hall–Kier alpha value is -2.71. The lowest BCUT2D eigenvalue weighted by atomic mass is 10.0. The van der Waals surface area contributed by atoms with E-state index in [4.69, 9.17) is 16.3 Å². The fourth-order valence-corrected chi connectivity index (χ4v) is 3.24. The van der Waals surface area contributed by atoms with E-state index in [1.807, 2.05) is 18.2 Å². The monoisotopic (exact) mass is 393 g/mol. The molecule has 0 saturated carbocycles. The van der Waals surface area contributed by atoms with Crippen LogP contribution in [0.2, 0.25) is 5.02 Å². The van der Waals surface area contributed by atoms with Gasteiger partial charge in [0.2, 0.25) is 5.82 Å². The van der Waals surface area contributed by atoms with Gasteiger partial charge in [0.15, 0.2) is 6.61 Å². The van der Waals surface area contributed by atoms with E-state index in [0.29, 0.717) is 24.7 Å². The maximum atomic E-state index is 13.7. The first-order valence-electron chi connectivity index (χ1n) is 8.28. The number of nitro benzene ring substituents is 1. The third-order valence-electron chi connectivity index (χ3n) is 4.31. The second kappa shape index (κ2) is 8.32. The van der Waals surface area contributed by atoms with Gasteiger partial charge in [0.05, 0.1) is 11.0 Å². The first kappa shape index (κ1) is 19.1. The quantitative estimate of drug-likeness (QED) is 0.623. The van der Waals surface area contributed by atoms with E-state index in [0.717, 1.165) is 17.7 Å². The maximum absolute atomic E-state index is 13.7. The maximum Gasteiger partial charge on any atom is 0.305 e. The molecule has 1 heterocycles. The van der Waals surface area contributed by atoms with Crippen LogP contribution in [-0.4, -0.2) is 42.0 Å². The van der Waals surface area contributed by atoms with Gasteiger partial charge in [-0.25, -0.2) is 0 Å². The minimum atomic E-state index is -1.01. The summed E-state index contributed by atoms with van der Waals surface area (Å²) in [5, 5.41) is 14.5. The second-order valence-electron chi connectivity index (χ2n) is 5.99. The summed E-state index contributed by atoms with van der Waals surface area (Å²) in [5.74, 6) is -1.24. The van der Waals surface area contributed by atoms with E-state index in [1.54, 1.807) is 11.0 Å². The van der Waals surface area contributed by atoms with Crippen LogP contribution in [-0.2, 0) is 4.79 Å². The van der Waals surface area contributed by atoms with E-state index >= 15 is 0 Å². The smallest absolute Gasteiger partial charge is 0.305 e. The number of hydrogen-bond donors (Lipinski definition) is 1. The minimum Gasteiger partial charge on any atom is -0.484 e. The molecule has 1 unspecified atom stereocenters. The molecule has 3 rings (SSSR count). The highest BCUT2D eigenvalue weighted by Crippen LogP contribution is 2.29. The van der Waals surface area contributed by atoms with Crippen LogP contribution in [0.5, 0.6) is 5.75 Å². The molecule has 0 bridgehead atoms. The predicted octanol–water partition coefficient (Wildman–Crippen LogP) is 2.94. The van der Waals surface area contributed by atoms with Gasteiger partial charge in [-0.3, -0.25) is 14.9 Å². The highest BCUT2D eigenvalue weighted by molar-refractivity contribution is 6.31. The zero-order valence-corrected chi connectivity index (χ0v) is 15.0. The number of nitro groups is 1. The number of amides is 1. The molecule has 0 radical (unpaired) electrons. The molecule has 27 heavy (non-hydrogen) atoms. The number of nitrogens with zero attached hydrogens (tertiary/aromatic N) is 2. The van der Waals surface area contributed by atoms with Crippen LogP contribution in [0, 0.1) is 15.9 Å². The molecule has 1 amide bonds. The number of nitrogens with one attached hydrogen (secondary N) is 1. The van der Waals surface area contributed by atoms with Crippen LogP contribution < -0.4 is 10.1 Å². The Morgan fingerprint density at radius 1 is 1.37 bits per heavy atom. The number of carbonyl (C=O) groups excluding carboxylic acids is 1. The third kappa shape index (κ3) is 4.35. The van der Waals surface area contributed by atoms with E-state index in [1.165, 1.54) is 6.07 Å². The van der Waals surface area contributed by atoms with Crippen molar-refractivity contribution in [1.29, 1.82) is 0 Å². The SMILES string of the molecule is O=C(COc1ccc([N+](=O)[O-])c(F)c1)N1CCNCC1c1ccccc1Cl. The number of carbonyl (C=O) groups is 1. The van der Waals surface area contributed by atoms with Gasteiger partial charge >= 0.3 is 5.69 Å². The lowest BCUT2D eigenvalue weighted by Crippen LogP contribution is -2.50. The molecule has 2 aromatic rings. The van der Waals surface area contributed by atoms with Gasteiger partial charge in [-0.2, -0.15) is 4.39 Å². The molecule has 1 aliphatic heterocycles. The van der Waals surface area contributed by atoms with Gasteiger partial charge in [-0.1, -0.05) is 29.8 Å². The number of piperazine rings is 1. The average molecular weight is 394 g/mol. The van der Waals surface area contributed by atoms with Crippen molar-refractivity contribution in [1.82, 2.24) is 10.2 Å². The highest BCUT2D eigenvalue weighted by Gasteiger charge is 2.29. The van der Waals surface area contributed by atoms with Gasteiger partial charge in [-0.15, -0.1) is 0 Å². The summed E-state index contributed by atoms with van der Waals surface area (Å²) in [6.07, 6.45) is 0. The molecule has 2 aromatic carbocycles. The van der Waals surface area contributed by atoms with E-state index in [9.17, 15) is 19.3 Å². The van der Waals surface area contributed by atoms with Crippen LogP contribution in [0.1, 0.15) is 11.6 Å². The van der Waals surface area contributed by atoms with Gasteiger partial charge in [0.25, 0.3) is 5.91 Å². The van der Waals surface area contributed by atoms with E-state index in [2.05, 4.69) is 5.32 Å². The molecule has 0 spiro atoms. The summed E-state index contributed by atoms with van der Waals surface area (Å²) < 4.78 is 19.0. The molecule has 0 aliphatic carbocycles. The highest BCUT2D eigenvalue weighted by atomic mass is 35.5. The number of hydrogen-bond acceptors (Lipinski definition) is 5. The fourth-order valence-electron chi connectivity index (χ4n) is 2.98. The lowest BCUT2D eigenvalue weighted by Gasteiger charge is -2.36. The summed E-state index contributed by atoms with van der Waals surface area (Å²) in [4.78, 5) is 24.2. The minimum absolute atomic E-state index is 0.0517. The second-order valence-corrected chi connectivity index (χ2v) is 6.39. The average Bonchev–Trinajstić information content (AvgIpc) is 2.66. The van der Waals surface area contributed by atoms with Crippen molar-refractivity contribution in [2.75, 3.05) is 26.2 Å². The van der Waals surface area contributed by atoms with Crippen molar-refractivity contribution in [2.45, 2.75) is 6.04 Å². The summed E-state index contributed by atoms with van der Waals surface area (Å²) in [6.45, 7) is 1.37. The van der Waals surface area contributed by atoms with Crippen LogP contribution in [0.4, 0.5) is 10.1 Å². The Balaban J connectivity index is 1.70. The Morgan fingerprint density at radius 3 is 2.85 bits per heavy atom. The third-order valence-corrected chi connectivity index (χ3v) is 4.65. The molecular formula is C18H17ClFN3O4. The molecule has 1 fully saturated rings. The molecule has 1 saturated heterocycles. The predicted molar refractivity (Wildman–Crippen MR) is 97.3 cm³/mol. The molecule has 1 aliphatic rings. The molecule has 7 nitrogen and oxygen atoms in total. The van der Waals surface area contributed by atoms with Crippen molar-refractivity contribution in [2.24, 2.45) is 0 Å². The summed E-state index contributed by atoms with van der Waals surface area (Å²) in [7, 11) is 0. The first-order valence-corrected chi connectivity index (χ1v) is 8.66. The van der Waals surface area contributed by atoms with Crippen molar-refractivity contribution in [3.8, 4) is 5.75 Å². The summed E-state index contributed by atoms with van der Waals surface area (Å²) >= 11 is 6.26. The molecule has 1 N–H and O–H groups in total. The van der Waals surface area contributed by atoms with Crippen molar-refractivity contribution < 1.29 is 18.8 Å². The number of ether oxygens (including phenoxy) is 1. The van der Waals surface area contributed by atoms with Crippen LogP contribution in [0.25, 0.3) is 0 Å². The Bertz CT molecular complexity index is 864. The normalized spacial score (nSPS) is 16.8. The van der Waals surface area contributed by atoms with Crippen LogP contribution in [0.3, 0.4) is 0 Å². The van der Waals surface area contributed by atoms with Crippen molar-refractivity contribution in [3.63, 3.8) is 0 Å².